The number of rotatable bonds is 2. The molecule has 0 bridgehead atoms. The van der Waals surface area contributed by atoms with Crippen LogP contribution in [0.2, 0.25) is 0 Å². The average molecular weight is 369 g/mol. The molecule has 136 valence electrons. The third-order valence-electron chi connectivity index (χ3n) is 4.65. The molecule has 7 heteroatoms. The standard InChI is InChI=1S/C19H24N6S/c1-13-11-14-16(21-12-22-17(14)26-13)25-9-7-24(8-10-25)15-5-6-20-18(23-15)19(2,3)4/h5-6,11-12H,7-10H2,1-4H3. The molecule has 3 aromatic heterocycles. The summed E-state index contributed by atoms with van der Waals surface area (Å²) >= 11 is 1.73. The number of hydrogen-bond acceptors (Lipinski definition) is 7. The van der Waals surface area contributed by atoms with Gasteiger partial charge in [0.25, 0.3) is 0 Å². The van der Waals surface area contributed by atoms with Crippen molar-refractivity contribution in [2.24, 2.45) is 0 Å². The van der Waals surface area contributed by atoms with Gasteiger partial charge in [0, 0.05) is 42.7 Å². The first-order valence-corrected chi connectivity index (χ1v) is 9.78. The van der Waals surface area contributed by atoms with Gasteiger partial charge >= 0.3 is 0 Å². The van der Waals surface area contributed by atoms with Crippen LogP contribution in [0.25, 0.3) is 10.2 Å². The monoisotopic (exact) mass is 368 g/mol. The van der Waals surface area contributed by atoms with Gasteiger partial charge < -0.3 is 9.80 Å². The van der Waals surface area contributed by atoms with E-state index in [9.17, 15) is 0 Å². The van der Waals surface area contributed by atoms with Gasteiger partial charge in [0.2, 0.25) is 0 Å². The number of aryl methyl sites for hydroxylation is 1. The zero-order valence-electron chi connectivity index (χ0n) is 15.7. The SMILES string of the molecule is Cc1cc2c(N3CCN(c4ccnc(C(C)(C)C)n4)CC3)ncnc2s1. The summed E-state index contributed by atoms with van der Waals surface area (Å²) in [5.41, 5.74) is -0.0405. The van der Waals surface area contributed by atoms with Crippen LogP contribution in [0.1, 0.15) is 31.5 Å². The van der Waals surface area contributed by atoms with Gasteiger partial charge in [-0.3, -0.25) is 0 Å². The summed E-state index contributed by atoms with van der Waals surface area (Å²) in [5.74, 6) is 2.96. The smallest absolute Gasteiger partial charge is 0.140 e. The highest BCUT2D eigenvalue weighted by molar-refractivity contribution is 7.18. The molecule has 1 saturated heterocycles. The molecule has 0 aliphatic carbocycles. The Morgan fingerprint density at radius 3 is 2.46 bits per heavy atom. The third-order valence-corrected chi connectivity index (χ3v) is 5.60. The highest BCUT2D eigenvalue weighted by Gasteiger charge is 2.23. The molecule has 0 amide bonds. The Morgan fingerprint density at radius 2 is 1.73 bits per heavy atom. The zero-order chi connectivity index (χ0) is 18.3. The lowest BCUT2D eigenvalue weighted by molar-refractivity contribution is 0.541. The van der Waals surface area contributed by atoms with E-state index in [0.717, 1.165) is 48.5 Å². The van der Waals surface area contributed by atoms with E-state index in [1.807, 2.05) is 12.3 Å². The first-order valence-electron chi connectivity index (χ1n) is 8.96. The summed E-state index contributed by atoms with van der Waals surface area (Å²) in [6, 6.07) is 4.21. The lowest BCUT2D eigenvalue weighted by atomic mass is 9.96. The Hall–Kier alpha value is -2.28. The summed E-state index contributed by atoms with van der Waals surface area (Å²) in [6.45, 7) is 12.3. The number of hydrogen-bond donors (Lipinski definition) is 0. The van der Waals surface area contributed by atoms with E-state index in [1.165, 1.54) is 10.3 Å². The summed E-state index contributed by atoms with van der Waals surface area (Å²) in [5, 5.41) is 1.17. The van der Waals surface area contributed by atoms with Crippen LogP contribution in [0.5, 0.6) is 0 Å². The predicted octanol–water partition coefficient (Wildman–Crippen LogP) is 3.41. The number of fused-ring (bicyclic) bond motifs is 1. The van der Waals surface area contributed by atoms with E-state index < -0.39 is 0 Å². The first kappa shape index (κ1) is 17.1. The van der Waals surface area contributed by atoms with E-state index in [2.05, 4.69) is 58.5 Å². The van der Waals surface area contributed by atoms with E-state index in [4.69, 9.17) is 4.98 Å². The molecule has 1 fully saturated rings. The second-order valence-corrected chi connectivity index (χ2v) is 8.97. The minimum Gasteiger partial charge on any atom is -0.353 e. The Kier molecular flexibility index (Phi) is 4.26. The molecular formula is C19H24N6S. The van der Waals surface area contributed by atoms with Crippen molar-refractivity contribution >= 4 is 33.2 Å². The topological polar surface area (TPSA) is 58.0 Å². The van der Waals surface area contributed by atoms with Gasteiger partial charge in [-0.25, -0.2) is 19.9 Å². The number of nitrogens with zero attached hydrogens (tertiary/aromatic N) is 6. The second-order valence-electron chi connectivity index (χ2n) is 7.74. The quantitative estimate of drug-likeness (QED) is 0.691. The van der Waals surface area contributed by atoms with Gasteiger partial charge in [-0.05, 0) is 19.1 Å². The van der Waals surface area contributed by atoms with Gasteiger partial charge in [0.15, 0.2) is 0 Å². The zero-order valence-corrected chi connectivity index (χ0v) is 16.5. The molecule has 0 radical (unpaired) electrons. The minimum absolute atomic E-state index is 0.0405. The Balaban J connectivity index is 1.52. The minimum atomic E-state index is -0.0405. The molecule has 4 rings (SSSR count). The molecular weight excluding hydrogens is 344 g/mol. The molecule has 1 aliphatic heterocycles. The summed E-state index contributed by atoms with van der Waals surface area (Å²) in [7, 11) is 0. The van der Waals surface area contributed by atoms with Crippen LogP contribution >= 0.6 is 11.3 Å². The van der Waals surface area contributed by atoms with Gasteiger partial charge in [-0.1, -0.05) is 20.8 Å². The maximum absolute atomic E-state index is 4.79. The van der Waals surface area contributed by atoms with E-state index in [0.29, 0.717) is 0 Å². The number of piperazine rings is 1. The van der Waals surface area contributed by atoms with Gasteiger partial charge in [-0.2, -0.15) is 0 Å². The molecule has 3 aromatic rings. The molecule has 26 heavy (non-hydrogen) atoms. The summed E-state index contributed by atoms with van der Waals surface area (Å²) < 4.78 is 0. The maximum atomic E-state index is 4.79. The fourth-order valence-electron chi connectivity index (χ4n) is 3.25. The van der Waals surface area contributed by atoms with Crippen molar-refractivity contribution in [3.8, 4) is 0 Å². The first-order chi connectivity index (χ1) is 12.4. The van der Waals surface area contributed by atoms with Crippen LogP contribution in [0.15, 0.2) is 24.7 Å². The lowest BCUT2D eigenvalue weighted by Crippen LogP contribution is -2.47. The lowest BCUT2D eigenvalue weighted by Gasteiger charge is -2.36. The Bertz CT molecular complexity index is 921. The number of aromatic nitrogens is 4. The molecule has 0 saturated carbocycles. The van der Waals surface area contributed by atoms with Crippen LogP contribution in [0.4, 0.5) is 11.6 Å². The maximum Gasteiger partial charge on any atom is 0.140 e. The molecule has 0 spiro atoms. The van der Waals surface area contributed by atoms with Gasteiger partial charge in [0.1, 0.15) is 28.6 Å². The highest BCUT2D eigenvalue weighted by atomic mass is 32.1. The number of anilines is 2. The fourth-order valence-corrected chi connectivity index (χ4v) is 4.09. The van der Waals surface area contributed by atoms with Crippen LogP contribution in [-0.4, -0.2) is 46.1 Å². The molecule has 0 N–H and O–H groups in total. The molecule has 6 nitrogen and oxygen atoms in total. The molecule has 0 aromatic carbocycles. The van der Waals surface area contributed by atoms with Crippen molar-refractivity contribution in [3.63, 3.8) is 0 Å². The van der Waals surface area contributed by atoms with Crippen molar-refractivity contribution in [3.05, 3.63) is 35.4 Å². The average Bonchev–Trinajstić information content (AvgIpc) is 3.01. The molecule has 4 heterocycles. The van der Waals surface area contributed by atoms with E-state index >= 15 is 0 Å². The highest BCUT2D eigenvalue weighted by Crippen LogP contribution is 2.30. The van der Waals surface area contributed by atoms with Gasteiger partial charge in [-0.15, -0.1) is 11.3 Å². The summed E-state index contributed by atoms with van der Waals surface area (Å²) in [4.78, 5) is 25.2. The summed E-state index contributed by atoms with van der Waals surface area (Å²) in [6.07, 6.45) is 3.55. The van der Waals surface area contributed by atoms with Crippen LogP contribution in [0.3, 0.4) is 0 Å². The fraction of sp³-hybridized carbons (Fsp3) is 0.474. The molecule has 1 aliphatic rings. The Labute approximate surface area is 157 Å². The van der Waals surface area contributed by atoms with E-state index in [-0.39, 0.29) is 5.41 Å². The normalized spacial score (nSPS) is 15.7. The Morgan fingerprint density at radius 1 is 1.00 bits per heavy atom. The predicted molar refractivity (Wildman–Crippen MR) is 107 cm³/mol. The third kappa shape index (κ3) is 3.23. The van der Waals surface area contributed by atoms with E-state index in [1.54, 1.807) is 17.7 Å². The van der Waals surface area contributed by atoms with Crippen molar-refractivity contribution < 1.29 is 0 Å². The van der Waals surface area contributed by atoms with Gasteiger partial charge in [0.05, 0.1) is 5.39 Å². The van der Waals surface area contributed by atoms with Crippen LogP contribution < -0.4 is 9.80 Å². The number of thiophene rings is 1. The molecule has 0 atom stereocenters. The van der Waals surface area contributed by atoms with Crippen molar-refractivity contribution in [2.45, 2.75) is 33.1 Å². The second kappa shape index (κ2) is 6.46. The van der Waals surface area contributed by atoms with Crippen LogP contribution in [-0.2, 0) is 5.41 Å². The largest absolute Gasteiger partial charge is 0.353 e. The van der Waals surface area contributed by atoms with Crippen molar-refractivity contribution in [2.75, 3.05) is 36.0 Å². The van der Waals surface area contributed by atoms with Crippen molar-refractivity contribution in [1.82, 2.24) is 19.9 Å². The molecule has 0 unspecified atom stereocenters. The van der Waals surface area contributed by atoms with Crippen LogP contribution in [0, 0.1) is 6.92 Å². The van der Waals surface area contributed by atoms with Crippen molar-refractivity contribution in [1.29, 1.82) is 0 Å².